The molecule has 5 atom stereocenters. The van der Waals surface area contributed by atoms with Crippen LogP contribution in [0.5, 0.6) is 0 Å². The summed E-state index contributed by atoms with van der Waals surface area (Å²) < 4.78 is 12.8. The molecule has 0 aromatic heterocycles. The molecule has 0 bridgehead atoms. The highest BCUT2D eigenvalue weighted by Crippen LogP contribution is 2.57. The zero-order valence-corrected chi connectivity index (χ0v) is 20.7. The Kier molecular flexibility index (Phi) is 5.79. The SMILES string of the molecule is Cc1ccc(C(=O)N[C@H]2C(=O)N3[C@@H]2[S@@](=O)C(C)(Cc2ccccc2)[C@@]3(C(=O)O)c2ccccc2)cc1. The van der Waals surface area contributed by atoms with Gasteiger partial charge in [0, 0.05) is 5.56 Å². The molecule has 2 aliphatic rings. The number of β-lactam (4-membered cyclic amide) rings is 1. The molecule has 184 valence electrons. The molecule has 0 saturated carbocycles. The summed E-state index contributed by atoms with van der Waals surface area (Å²) in [5, 5.41) is 12.5. The van der Waals surface area contributed by atoms with E-state index >= 15 is 0 Å². The van der Waals surface area contributed by atoms with E-state index in [0.29, 0.717) is 11.1 Å². The van der Waals surface area contributed by atoms with Gasteiger partial charge < -0.3 is 15.3 Å². The lowest BCUT2D eigenvalue weighted by Gasteiger charge is -2.50. The molecule has 0 radical (unpaired) electrons. The Balaban J connectivity index is 1.59. The van der Waals surface area contributed by atoms with Crippen LogP contribution in [0.2, 0.25) is 0 Å². The molecule has 36 heavy (non-hydrogen) atoms. The van der Waals surface area contributed by atoms with E-state index in [2.05, 4.69) is 5.32 Å². The van der Waals surface area contributed by atoms with E-state index in [1.54, 1.807) is 61.5 Å². The van der Waals surface area contributed by atoms with E-state index in [9.17, 15) is 23.7 Å². The lowest BCUT2D eigenvalue weighted by Crippen LogP contribution is -2.74. The number of amides is 2. The second-order valence-electron chi connectivity index (χ2n) is 9.49. The summed E-state index contributed by atoms with van der Waals surface area (Å²) >= 11 is 0. The molecule has 0 aliphatic carbocycles. The van der Waals surface area contributed by atoms with Gasteiger partial charge in [-0.1, -0.05) is 78.4 Å². The summed E-state index contributed by atoms with van der Waals surface area (Å²) in [4.78, 5) is 40.9. The van der Waals surface area contributed by atoms with E-state index in [0.717, 1.165) is 11.1 Å². The fourth-order valence-electron chi connectivity index (χ4n) is 5.53. The van der Waals surface area contributed by atoms with Crippen LogP contribution in [-0.4, -0.2) is 48.2 Å². The van der Waals surface area contributed by atoms with Gasteiger partial charge >= 0.3 is 5.97 Å². The van der Waals surface area contributed by atoms with Gasteiger partial charge in [-0.05, 0) is 43.5 Å². The molecular weight excluding hydrogens is 476 g/mol. The summed E-state index contributed by atoms with van der Waals surface area (Å²) in [5.41, 5.74) is 0.672. The number of benzene rings is 3. The second-order valence-corrected chi connectivity index (χ2v) is 11.5. The first-order chi connectivity index (χ1) is 17.2. The Morgan fingerprint density at radius 3 is 2.14 bits per heavy atom. The summed E-state index contributed by atoms with van der Waals surface area (Å²) in [5.74, 6) is -2.28. The van der Waals surface area contributed by atoms with Crippen molar-refractivity contribution in [1.29, 1.82) is 0 Å². The van der Waals surface area contributed by atoms with Gasteiger partial charge in [0.05, 0.1) is 15.5 Å². The van der Waals surface area contributed by atoms with Gasteiger partial charge in [0.1, 0.15) is 11.4 Å². The fraction of sp³-hybridized carbons (Fsp3) is 0.250. The van der Waals surface area contributed by atoms with Crippen LogP contribution in [0.25, 0.3) is 0 Å². The van der Waals surface area contributed by atoms with Crippen molar-refractivity contribution in [2.45, 2.75) is 42.0 Å². The molecule has 2 amide bonds. The minimum Gasteiger partial charge on any atom is -0.479 e. The number of nitrogens with one attached hydrogen (secondary N) is 1. The maximum Gasteiger partial charge on any atom is 0.335 e. The van der Waals surface area contributed by atoms with E-state index in [1.807, 2.05) is 37.3 Å². The maximum atomic E-state index is 14.2. The number of fused-ring (bicyclic) bond motifs is 1. The van der Waals surface area contributed by atoms with Crippen LogP contribution in [0.3, 0.4) is 0 Å². The minimum absolute atomic E-state index is 0.167. The summed E-state index contributed by atoms with van der Waals surface area (Å²) in [7, 11) is -1.82. The van der Waals surface area contributed by atoms with E-state index in [4.69, 9.17) is 0 Å². The Morgan fingerprint density at radius 1 is 0.972 bits per heavy atom. The number of carbonyl (C=O) groups excluding carboxylic acids is 2. The van der Waals surface area contributed by atoms with E-state index in [-0.39, 0.29) is 6.42 Å². The van der Waals surface area contributed by atoms with Gasteiger partial charge in [-0.2, -0.15) is 0 Å². The molecule has 2 aliphatic heterocycles. The van der Waals surface area contributed by atoms with Crippen molar-refractivity contribution in [2.75, 3.05) is 0 Å². The van der Waals surface area contributed by atoms with Crippen LogP contribution in [-0.2, 0) is 32.3 Å². The van der Waals surface area contributed by atoms with Crippen molar-refractivity contribution < 1.29 is 23.7 Å². The Hall–Kier alpha value is -3.78. The molecule has 2 saturated heterocycles. The summed E-state index contributed by atoms with van der Waals surface area (Å²) in [6.07, 6.45) is 0.167. The molecule has 1 unspecified atom stereocenters. The van der Waals surface area contributed by atoms with Crippen molar-refractivity contribution in [3.05, 3.63) is 107 Å². The van der Waals surface area contributed by atoms with Crippen molar-refractivity contribution in [3.63, 3.8) is 0 Å². The first kappa shape index (κ1) is 23.9. The largest absolute Gasteiger partial charge is 0.479 e. The van der Waals surface area contributed by atoms with Crippen LogP contribution in [0, 0.1) is 6.92 Å². The van der Waals surface area contributed by atoms with Crippen LogP contribution in [0.4, 0.5) is 0 Å². The van der Waals surface area contributed by atoms with Crippen LogP contribution in [0.1, 0.15) is 34.0 Å². The average Bonchev–Trinajstić information content (AvgIpc) is 3.06. The molecule has 7 nitrogen and oxygen atoms in total. The topological polar surface area (TPSA) is 104 Å². The molecule has 2 N–H and O–H groups in total. The molecule has 2 fully saturated rings. The predicted molar refractivity (Wildman–Crippen MR) is 136 cm³/mol. The second kappa shape index (κ2) is 8.71. The first-order valence-corrected chi connectivity index (χ1v) is 12.9. The first-order valence-electron chi connectivity index (χ1n) is 11.7. The third-order valence-corrected chi connectivity index (χ3v) is 9.57. The molecule has 0 spiro atoms. The standard InChI is InChI=1S/C28H26N2O5S/c1-18-13-15-20(16-14-18)23(31)29-22-24(32)30-25(22)36(35)27(2,17-19-9-5-3-6-10-19)28(30,26(33)34)21-11-7-4-8-12-21/h3-16,22,25H,17H2,1-2H3,(H,29,31)(H,33,34)/t22-,25+,27?,28-,36+/m0/s1. The lowest BCUT2D eigenvalue weighted by atomic mass is 9.72. The van der Waals surface area contributed by atoms with E-state index in [1.165, 1.54) is 4.90 Å². The molecule has 3 aromatic carbocycles. The van der Waals surface area contributed by atoms with Crippen molar-refractivity contribution in [2.24, 2.45) is 0 Å². The van der Waals surface area contributed by atoms with Crippen LogP contribution < -0.4 is 5.32 Å². The highest BCUT2D eigenvalue weighted by Gasteiger charge is 2.78. The number of rotatable bonds is 6. The van der Waals surface area contributed by atoms with Crippen molar-refractivity contribution >= 4 is 28.6 Å². The Morgan fingerprint density at radius 2 is 1.56 bits per heavy atom. The smallest absolute Gasteiger partial charge is 0.335 e. The van der Waals surface area contributed by atoms with Gasteiger partial charge in [-0.25, -0.2) is 4.79 Å². The number of hydrogen-bond donors (Lipinski definition) is 2. The minimum atomic E-state index is -1.87. The van der Waals surface area contributed by atoms with Crippen LogP contribution in [0.15, 0.2) is 84.9 Å². The van der Waals surface area contributed by atoms with E-state index < -0.39 is 50.3 Å². The molecular formula is C28H26N2O5S. The lowest BCUT2D eigenvalue weighted by molar-refractivity contribution is -0.172. The number of nitrogens with zero attached hydrogens (tertiary/aromatic N) is 1. The van der Waals surface area contributed by atoms with Gasteiger partial charge in [0.2, 0.25) is 0 Å². The third kappa shape index (κ3) is 3.32. The van der Waals surface area contributed by atoms with Gasteiger partial charge in [-0.15, -0.1) is 0 Å². The normalized spacial score (nSPS) is 28.8. The van der Waals surface area contributed by atoms with Gasteiger partial charge in [0.15, 0.2) is 5.54 Å². The number of aryl methyl sites for hydroxylation is 1. The zero-order chi connectivity index (χ0) is 25.7. The van der Waals surface area contributed by atoms with Crippen LogP contribution >= 0.6 is 0 Å². The third-order valence-electron chi connectivity index (χ3n) is 7.32. The average molecular weight is 503 g/mol. The van der Waals surface area contributed by atoms with Gasteiger partial charge in [-0.3, -0.25) is 13.8 Å². The summed E-state index contributed by atoms with van der Waals surface area (Å²) in [6, 6.07) is 23.5. The highest BCUT2D eigenvalue weighted by molar-refractivity contribution is 7.87. The van der Waals surface area contributed by atoms with Crippen molar-refractivity contribution in [1.82, 2.24) is 10.2 Å². The number of carboxylic acid groups (broad SMARTS) is 1. The highest BCUT2D eigenvalue weighted by atomic mass is 32.2. The maximum absolute atomic E-state index is 14.2. The zero-order valence-electron chi connectivity index (χ0n) is 19.9. The molecule has 8 heteroatoms. The molecule has 5 rings (SSSR count). The predicted octanol–water partition coefficient (Wildman–Crippen LogP) is 3.01. The van der Waals surface area contributed by atoms with Crippen molar-refractivity contribution in [3.8, 4) is 0 Å². The quantitative estimate of drug-likeness (QED) is 0.505. The number of aliphatic carboxylic acids is 1. The number of carboxylic acids is 1. The molecule has 2 heterocycles. The number of hydrogen-bond acceptors (Lipinski definition) is 4. The Bertz CT molecular complexity index is 1360. The molecule has 3 aromatic rings. The Labute approximate surface area is 211 Å². The van der Waals surface area contributed by atoms with Gasteiger partial charge in [0.25, 0.3) is 11.8 Å². The summed E-state index contributed by atoms with van der Waals surface area (Å²) in [6.45, 7) is 3.57. The fourth-order valence-corrected chi connectivity index (χ4v) is 7.85. The monoisotopic (exact) mass is 502 g/mol. The number of carbonyl (C=O) groups is 3.